The monoisotopic (exact) mass is 215 g/mol. The molecule has 0 amide bonds. The molecule has 0 spiro atoms. The van der Waals surface area contributed by atoms with E-state index < -0.39 is 0 Å². The van der Waals surface area contributed by atoms with E-state index in [0.29, 0.717) is 23.2 Å². The Bertz CT molecular complexity index is 455. The maximum atomic E-state index is 5.63. The number of aryl methyl sites for hydroxylation is 1. The third-order valence-corrected chi connectivity index (χ3v) is 1.62. The molecule has 6 nitrogen and oxygen atoms in total. The Balaban J connectivity index is 0.000000980. The normalized spacial score (nSPS) is 9.86. The van der Waals surface area contributed by atoms with Crippen LogP contribution in [0.15, 0.2) is 6.20 Å². The zero-order valence-electron chi connectivity index (χ0n) is 7.76. The first-order chi connectivity index (χ1) is 6.20. The molecule has 0 atom stereocenters. The molecule has 2 heterocycles. The van der Waals surface area contributed by atoms with Crippen LogP contribution in [0.25, 0.3) is 5.78 Å². The van der Waals surface area contributed by atoms with Crippen molar-refractivity contribution in [1.29, 1.82) is 0 Å². The second kappa shape index (κ2) is 3.67. The fourth-order valence-electron chi connectivity index (χ4n) is 1.09. The Hall–Kier alpha value is -1.56. The number of hydrogen-bond acceptors (Lipinski definition) is 5. The summed E-state index contributed by atoms with van der Waals surface area (Å²) in [5, 5.41) is 4.06. The summed E-state index contributed by atoms with van der Waals surface area (Å²) in [4.78, 5) is 8.12. The van der Waals surface area contributed by atoms with E-state index in [-0.39, 0.29) is 12.4 Å². The van der Waals surface area contributed by atoms with Crippen LogP contribution in [0.3, 0.4) is 0 Å². The van der Waals surface area contributed by atoms with Gasteiger partial charge in [0.05, 0.1) is 13.3 Å². The van der Waals surface area contributed by atoms with Crippen LogP contribution in [-0.2, 0) is 0 Å². The molecule has 0 aliphatic rings. The number of nitrogen functional groups attached to an aromatic ring is 1. The predicted octanol–water partition coefficient (Wildman–Crippen LogP) is 0.445. The second-order valence-corrected chi connectivity index (χ2v) is 2.61. The van der Waals surface area contributed by atoms with Crippen LogP contribution in [0.5, 0.6) is 5.88 Å². The number of nitrogens with two attached hydrogens (primary N) is 1. The van der Waals surface area contributed by atoms with Crippen LogP contribution in [0, 0.1) is 6.92 Å². The van der Waals surface area contributed by atoms with Gasteiger partial charge in [-0.25, -0.2) is 4.52 Å². The van der Waals surface area contributed by atoms with Gasteiger partial charge in [0.25, 0.3) is 5.78 Å². The first-order valence-electron chi connectivity index (χ1n) is 3.74. The molecule has 0 aromatic carbocycles. The third kappa shape index (κ3) is 1.56. The lowest BCUT2D eigenvalue weighted by atomic mass is 10.5. The molecule has 0 bridgehead atoms. The summed E-state index contributed by atoms with van der Waals surface area (Å²) in [5.41, 5.74) is 6.07. The Labute approximate surface area is 86.5 Å². The molecule has 0 unspecified atom stereocenters. The van der Waals surface area contributed by atoms with E-state index in [1.54, 1.807) is 13.1 Å². The van der Waals surface area contributed by atoms with Gasteiger partial charge in [-0.3, -0.25) is 0 Å². The standard InChI is InChI=1S/C7H9N5O.ClH/c1-4-9-7-10-6(13-2)5(8)3-12(7)11-4;/h3H,8H2,1-2H3;1H. The summed E-state index contributed by atoms with van der Waals surface area (Å²) in [6.45, 7) is 1.79. The number of rotatable bonds is 1. The highest BCUT2D eigenvalue weighted by molar-refractivity contribution is 5.85. The summed E-state index contributed by atoms with van der Waals surface area (Å²) in [5.74, 6) is 1.52. The highest BCUT2D eigenvalue weighted by Gasteiger charge is 2.06. The molecule has 2 N–H and O–H groups in total. The molecule has 0 saturated heterocycles. The van der Waals surface area contributed by atoms with Gasteiger partial charge in [0.1, 0.15) is 11.5 Å². The molecule has 0 aliphatic carbocycles. The van der Waals surface area contributed by atoms with Crippen LogP contribution < -0.4 is 10.5 Å². The smallest absolute Gasteiger partial charge is 0.255 e. The van der Waals surface area contributed by atoms with E-state index >= 15 is 0 Å². The zero-order valence-corrected chi connectivity index (χ0v) is 8.58. The quantitative estimate of drug-likeness (QED) is 0.747. The van der Waals surface area contributed by atoms with Crippen LogP contribution >= 0.6 is 12.4 Å². The van der Waals surface area contributed by atoms with Gasteiger partial charge < -0.3 is 10.5 Å². The average molecular weight is 216 g/mol. The van der Waals surface area contributed by atoms with Crippen molar-refractivity contribution in [1.82, 2.24) is 19.6 Å². The van der Waals surface area contributed by atoms with E-state index in [2.05, 4.69) is 15.1 Å². The molecule has 7 heteroatoms. The number of aromatic nitrogens is 4. The first-order valence-corrected chi connectivity index (χ1v) is 3.74. The molecular formula is C7H10ClN5O. The fraction of sp³-hybridized carbons (Fsp3) is 0.286. The summed E-state index contributed by atoms with van der Waals surface area (Å²) in [6.07, 6.45) is 1.63. The van der Waals surface area contributed by atoms with E-state index in [1.165, 1.54) is 11.6 Å². The number of ether oxygens (including phenoxy) is 1. The number of hydrogen-bond donors (Lipinski definition) is 1. The second-order valence-electron chi connectivity index (χ2n) is 2.61. The van der Waals surface area contributed by atoms with Crippen molar-refractivity contribution in [2.24, 2.45) is 0 Å². The molecule has 0 radical (unpaired) electrons. The van der Waals surface area contributed by atoms with Crippen molar-refractivity contribution in [2.75, 3.05) is 12.8 Å². The molecule has 2 rings (SSSR count). The van der Waals surface area contributed by atoms with E-state index in [0.717, 1.165) is 0 Å². The molecule has 76 valence electrons. The van der Waals surface area contributed by atoms with Crippen LogP contribution in [-0.4, -0.2) is 26.7 Å². The largest absolute Gasteiger partial charge is 0.479 e. The average Bonchev–Trinajstić information content (AvgIpc) is 2.42. The number of halogens is 1. The highest BCUT2D eigenvalue weighted by Crippen LogP contribution is 2.16. The van der Waals surface area contributed by atoms with Gasteiger partial charge in [0.2, 0.25) is 5.88 Å². The number of methoxy groups -OCH3 is 1. The van der Waals surface area contributed by atoms with Crippen LogP contribution in [0.1, 0.15) is 5.82 Å². The van der Waals surface area contributed by atoms with Crippen molar-refractivity contribution in [3.05, 3.63) is 12.0 Å². The van der Waals surface area contributed by atoms with E-state index in [9.17, 15) is 0 Å². The topological polar surface area (TPSA) is 78.3 Å². The summed E-state index contributed by atoms with van der Waals surface area (Å²) < 4.78 is 6.47. The van der Waals surface area contributed by atoms with Crippen molar-refractivity contribution in [2.45, 2.75) is 6.92 Å². The molecule has 2 aromatic rings. The van der Waals surface area contributed by atoms with Gasteiger partial charge in [-0.15, -0.1) is 12.4 Å². The Morgan fingerprint density at radius 1 is 1.43 bits per heavy atom. The highest BCUT2D eigenvalue weighted by atomic mass is 35.5. The number of nitrogens with zero attached hydrogens (tertiary/aromatic N) is 4. The van der Waals surface area contributed by atoms with Crippen molar-refractivity contribution < 1.29 is 4.74 Å². The third-order valence-electron chi connectivity index (χ3n) is 1.62. The van der Waals surface area contributed by atoms with Gasteiger partial charge >= 0.3 is 0 Å². The first kappa shape index (κ1) is 10.5. The van der Waals surface area contributed by atoms with Gasteiger partial charge in [-0.2, -0.15) is 15.1 Å². The van der Waals surface area contributed by atoms with Gasteiger partial charge in [-0.1, -0.05) is 0 Å². The summed E-state index contributed by atoms with van der Waals surface area (Å²) in [6, 6.07) is 0. The van der Waals surface area contributed by atoms with E-state index in [4.69, 9.17) is 10.5 Å². The predicted molar refractivity (Wildman–Crippen MR) is 53.7 cm³/mol. The van der Waals surface area contributed by atoms with Gasteiger partial charge in [0, 0.05) is 0 Å². The van der Waals surface area contributed by atoms with Crippen LogP contribution in [0.4, 0.5) is 5.69 Å². The lowest BCUT2D eigenvalue weighted by Crippen LogP contribution is -2.00. The lowest BCUT2D eigenvalue weighted by Gasteiger charge is -2.01. The number of anilines is 1. The minimum atomic E-state index is 0. The zero-order chi connectivity index (χ0) is 9.42. The Morgan fingerprint density at radius 2 is 2.14 bits per heavy atom. The minimum Gasteiger partial charge on any atom is -0.479 e. The molecule has 2 aromatic heterocycles. The number of fused-ring (bicyclic) bond motifs is 1. The maximum Gasteiger partial charge on any atom is 0.255 e. The Morgan fingerprint density at radius 3 is 2.79 bits per heavy atom. The van der Waals surface area contributed by atoms with Gasteiger partial charge in [0.15, 0.2) is 0 Å². The summed E-state index contributed by atoms with van der Waals surface area (Å²) in [7, 11) is 1.51. The molecule has 0 saturated carbocycles. The van der Waals surface area contributed by atoms with Crippen molar-refractivity contribution >= 4 is 23.9 Å². The lowest BCUT2D eigenvalue weighted by molar-refractivity contribution is 0.400. The molecule has 14 heavy (non-hydrogen) atoms. The van der Waals surface area contributed by atoms with Gasteiger partial charge in [-0.05, 0) is 6.92 Å². The maximum absolute atomic E-state index is 5.63. The SMILES string of the molecule is COc1nc2nc(C)nn2cc1N.Cl. The van der Waals surface area contributed by atoms with Crippen LogP contribution in [0.2, 0.25) is 0 Å². The minimum absolute atomic E-state index is 0. The van der Waals surface area contributed by atoms with Crippen molar-refractivity contribution in [3.8, 4) is 5.88 Å². The molecular weight excluding hydrogens is 206 g/mol. The van der Waals surface area contributed by atoms with Crippen molar-refractivity contribution in [3.63, 3.8) is 0 Å². The summed E-state index contributed by atoms with van der Waals surface area (Å²) >= 11 is 0. The molecule has 0 fully saturated rings. The Kier molecular flexibility index (Phi) is 2.76. The van der Waals surface area contributed by atoms with E-state index in [1.807, 2.05) is 0 Å². The fourth-order valence-corrected chi connectivity index (χ4v) is 1.09. The molecule has 0 aliphatic heterocycles.